The van der Waals surface area contributed by atoms with Crippen molar-refractivity contribution in [1.29, 1.82) is 0 Å². The molecule has 0 bridgehead atoms. The van der Waals surface area contributed by atoms with Crippen LogP contribution in [0.5, 0.6) is 11.5 Å². The predicted octanol–water partition coefficient (Wildman–Crippen LogP) is 2.42. The number of rotatable bonds is 9. The molecule has 0 aliphatic carbocycles. The van der Waals surface area contributed by atoms with E-state index in [0.717, 1.165) is 12.0 Å². The van der Waals surface area contributed by atoms with E-state index in [1.54, 1.807) is 35.0 Å². The Balaban J connectivity index is 2.67. The van der Waals surface area contributed by atoms with E-state index in [1.165, 1.54) is 7.11 Å². The second kappa shape index (κ2) is 10.8. The van der Waals surface area contributed by atoms with Crippen molar-refractivity contribution in [3.63, 3.8) is 0 Å². The molecule has 0 fully saturated rings. The van der Waals surface area contributed by atoms with Gasteiger partial charge in [-0.3, -0.25) is 0 Å². The van der Waals surface area contributed by atoms with Gasteiger partial charge in [-0.25, -0.2) is 9.59 Å². The first-order valence-corrected chi connectivity index (χ1v) is 9.15. The van der Waals surface area contributed by atoms with E-state index in [2.05, 4.69) is 5.32 Å². The second-order valence-electron chi connectivity index (χ2n) is 7.39. The maximum Gasteiger partial charge on any atom is 0.408 e. The highest BCUT2D eigenvalue weighted by Crippen LogP contribution is 2.28. The van der Waals surface area contributed by atoms with Gasteiger partial charge in [0.1, 0.15) is 11.6 Å². The molecule has 1 rings (SSSR count). The Kier molecular flexibility index (Phi) is 9.05. The van der Waals surface area contributed by atoms with Gasteiger partial charge in [-0.05, 0) is 57.7 Å². The van der Waals surface area contributed by atoms with Crippen molar-refractivity contribution in [3.05, 3.63) is 23.8 Å². The van der Waals surface area contributed by atoms with Gasteiger partial charge in [-0.1, -0.05) is 6.07 Å². The SMILES string of the molecule is COC(=O)[C@H](NC(=O)OC(C)(C)C)[C@H](N)CCCc1ccc(OC)c(OC)c1. The number of alkyl carbamates (subject to hydrolysis) is 1. The Hall–Kier alpha value is -2.48. The third kappa shape index (κ3) is 7.64. The number of benzene rings is 1. The third-order valence-corrected chi connectivity index (χ3v) is 4.01. The smallest absolute Gasteiger partial charge is 0.408 e. The molecule has 3 N–H and O–H groups in total. The van der Waals surface area contributed by atoms with Crippen molar-refractivity contribution >= 4 is 12.1 Å². The van der Waals surface area contributed by atoms with Gasteiger partial charge in [0, 0.05) is 6.04 Å². The molecule has 28 heavy (non-hydrogen) atoms. The molecule has 0 aromatic heterocycles. The molecule has 1 aromatic carbocycles. The van der Waals surface area contributed by atoms with Crippen molar-refractivity contribution in [1.82, 2.24) is 5.32 Å². The zero-order chi connectivity index (χ0) is 21.3. The molecule has 0 heterocycles. The molecule has 0 aliphatic heterocycles. The molecule has 158 valence electrons. The van der Waals surface area contributed by atoms with Gasteiger partial charge in [0.05, 0.1) is 21.3 Å². The first-order valence-electron chi connectivity index (χ1n) is 9.15. The molecule has 0 saturated carbocycles. The van der Waals surface area contributed by atoms with Crippen LogP contribution in [-0.2, 0) is 20.7 Å². The Bertz CT molecular complexity index is 657. The summed E-state index contributed by atoms with van der Waals surface area (Å²) in [6, 6.07) is 4.10. The fourth-order valence-electron chi connectivity index (χ4n) is 2.65. The largest absolute Gasteiger partial charge is 0.493 e. The number of esters is 1. The minimum Gasteiger partial charge on any atom is -0.493 e. The number of carbonyl (C=O) groups excluding carboxylic acids is 2. The summed E-state index contributed by atoms with van der Waals surface area (Å²) in [7, 11) is 4.42. The summed E-state index contributed by atoms with van der Waals surface area (Å²) in [4.78, 5) is 24.0. The molecule has 0 saturated heterocycles. The average molecular weight is 396 g/mol. The van der Waals surface area contributed by atoms with Gasteiger partial charge < -0.3 is 30.0 Å². The van der Waals surface area contributed by atoms with E-state index in [1.807, 2.05) is 18.2 Å². The second-order valence-corrected chi connectivity index (χ2v) is 7.39. The lowest BCUT2D eigenvalue weighted by Gasteiger charge is -2.25. The van der Waals surface area contributed by atoms with Crippen molar-refractivity contribution in [2.45, 2.75) is 57.7 Å². The summed E-state index contributed by atoms with van der Waals surface area (Å²) in [6.07, 6.45) is 1.23. The Morgan fingerprint density at radius 3 is 2.29 bits per heavy atom. The van der Waals surface area contributed by atoms with Crippen LogP contribution in [0, 0.1) is 0 Å². The number of hydrogen-bond donors (Lipinski definition) is 2. The van der Waals surface area contributed by atoms with Gasteiger partial charge in [0.2, 0.25) is 0 Å². The Labute approximate surface area is 166 Å². The van der Waals surface area contributed by atoms with Gasteiger partial charge in [-0.2, -0.15) is 0 Å². The molecule has 8 nitrogen and oxygen atoms in total. The lowest BCUT2D eigenvalue weighted by Crippen LogP contribution is -2.53. The molecule has 1 aromatic rings. The molecule has 0 spiro atoms. The predicted molar refractivity (Wildman–Crippen MR) is 106 cm³/mol. The van der Waals surface area contributed by atoms with Gasteiger partial charge in [0.15, 0.2) is 11.5 Å². The molecule has 2 atom stereocenters. The summed E-state index contributed by atoms with van der Waals surface area (Å²) in [5.74, 6) is 0.711. The maximum atomic E-state index is 12.0. The number of methoxy groups -OCH3 is 3. The normalized spacial score (nSPS) is 13.2. The summed E-state index contributed by atoms with van der Waals surface area (Å²) in [5, 5.41) is 2.51. The quantitative estimate of drug-likeness (QED) is 0.617. The van der Waals surface area contributed by atoms with Crippen LogP contribution in [0.15, 0.2) is 18.2 Å². The Morgan fingerprint density at radius 1 is 1.11 bits per heavy atom. The van der Waals surface area contributed by atoms with Crippen LogP contribution in [0.2, 0.25) is 0 Å². The van der Waals surface area contributed by atoms with Gasteiger partial charge >= 0.3 is 12.1 Å². The number of nitrogens with one attached hydrogen (secondary N) is 1. The first-order chi connectivity index (χ1) is 13.1. The number of amides is 1. The minimum atomic E-state index is -0.981. The highest BCUT2D eigenvalue weighted by Gasteiger charge is 2.30. The van der Waals surface area contributed by atoms with E-state index < -0.39 is 29.7 Å². The zero-order valence-electron chi connectivity index (χ0n) is 17.5. The fraction of sp³-hybridized carbons (Fsp3) is 0.600. The fourth-order valence-corrected chi connectivity index (χ4v) is 2.65. The van der Waals surface area contributed by atoms with Crippen LogP contribution in [0.1, 0.15) is 39.2 Å². The first kappa shape index (κ1) is 23.6. The number of ether oxygens (including phenoxy) is 4. The van der Waals surface area contributed by atoms with Crippen LogP contribution in [0.25, 0.3) is 0 Å². The van der Waals surface area contributed by atoms with Crippen LogP contribution < -0.4 is 20.5 Å². The molecule has 8 heteroatoms. The molecular weight excluding hydrogens is 364 g/mol. The van der Waals surface area contributed by atoms with Gasteiger partial charge in [0.25, 0.3) is 0 Å². The van der Waals surface area contributed by atoms with Crippen LogP contribution >= 0.6 is 0 Å². The van der Waals surface area contributed by atoms with Crippen molar-refractivity contribution in [3.8, 4) is 11.5 Å². The summed E-state index contributed by atoms with van der Waals surface area (Å²) in [6.45, 7) is 5.22. The van der Waals surface area contributed by atoms with E-state index in [4.69, 9.17) is 24.7 Å². The lowest BCUT2D eigenvalue weighted by molar-refractivity contribution is -0.143. The highest BCUT2D eigenvalue weighted by atomic mass is 16.6. The molecule has 0 aliphatic rings. The third-order valence-electron chi connectivity index (χ3n) is 4.01. The topological polar surface area (TPSA) is 109 Å². The number of hydrogen-bond acceptors (Lipinski definition) is 7. The van der Waals surface area contributed by atoms with Crippen LogP contribution in [0.4, 0.5) is 4.79 Å². The number of nitrogens with two attached hydrogens (primary N) is 1. The van der Waals surface area contributed by atoms with Crippen LogP contribution in [0.3, 0.4) is 0 Å². The lowest BCUT2D eigenvalue weighted by atomic mass is 10.00. The molecule has 0 radical (unpaired) electrons. The summed E-state index contributed by atoms with van der Waals surface area (Å²) < 4.78 is 20.5. The highest BCUT2D eigenvalue weighted by molar-refractivity contribution is 5.82. The van der Waals surface area contributed by atoms with E-state index in [0.29, 0.717) is 24.3 Å². The minimum absolute atomic E-state index is 0.504. The number of aryl methyl sites for hydroxylation is 1. The zero-order valence-corrected chi connectivity index (χ0v) is 17.5. The van der Waals surface area contributed by atoms with Crippen LogP contribution in [-0.4, -0.2) is 51.1 Å². The number of carbonyl (C=O) groups is 2. The van der Waals surface area contributed by atoms with E-state index in [9.17, 15) is 9.59 Å². The van der Waals surface area contributed by atoms with E-state index in [-0.39, 0.29) is 0 Å². The summed E-state index contributed by atoms with van der Waals surface area (Å²) in [5.41, 5.74) is 6.53. The van der Waals surface area contributed by atoms with Crippen molar-refractivity contribution in [2.24, 2.45) is 5.73 Å². The summed E-state index contributed by atoms with van der Waals surface area (Å²) >= 11 is 0. The van der Waals surface area contributed by atoms with Gasteiger partial charge in [-0.15, -0.1) is 0 Å². The van der Waals surface area contributed by atoms with Crippen molar-refractivity contribution in [2.75, 3.05) is 21.3 Å². The molecule has 1 amide bonds. The van der Waals surface area contributed by atoms with Crippen molar-refractivity contribution < 1.29 is 28.5 Å². The molecular formula is C20H32N2O6. The maximum absolute atomic E-state index is 12.0. The standard InChI is InChI=1S/C20H32N2O6/c1-20(2,3)28-19(24)22-17(18(23)27-6)14(21)9-7-8-13-10-11-15(25-4)16(12-13)26-5/h10-12,14,17H,7-9,21H2,1-6H3,(H,22,24)/t14-,17-/m1/s1. The monoisotopic (exact) mass is 396 g/mol. The Morgan fingerprint density at radius 2 is 1.75 bits per heavy atom. The van der Waals surface area contributed by atoms with E-state index >= 15 is 0 Å². The molecule has 0 unspecified atom stereocenters. The average Bonchev–Trinajstić information content (AvgIpc) is 2.63.